The highest BCUT2D eigenvalue weighted by molar-refractivity contribution is 5.91. The molecule has 0 aliphatic rings. The number of aryl methyl sites for hydroxylation is 2. The zero-order chi connectivity index (χ0) is 34.3. The van der Waals surface area contributed by atoms with E-state index in [4.69, 9.17) is 9.47 Å². The van der Waals surface area contributed by atoms with Gasteiger partial charge in [0.15, 0.2) is 0 Å². The molecule has 0 N–H and O–H groups in total. The van der Waals surface area contributed by atoms with Crippen LogP contribution in [0.25, 0.3) is 33.0 Å². The lowest BCUT2D eigenvalue weighted by molar-refractivity contribution is -0.137. The van der Waals surface area contributed by atoms with E-state index in [0.29, 0.717) is 19.6 Å². The van der Waals surface area contributed by atoms with Crippen molar-refractivity contribution in [3.63, 3.8) is 0 Å². The maximum absolute atomic E-state index is 11.1. The van der Waals surface area contributed by atoms with E-state index in [9.17, 15) is 9.59 Å². The Balaban J connectivity index is 1.13. The molecule has 0 spiro atoms. The molecule has 4 nitrogen and oxygen atoms in total. The topological polar surface area (TPSA) is 52.6 Å². The van der Waals surface area contributed by atoms with E-state index in [2.05, 4.69) is 128 Å². The van der Waals surface area contributed by atoms with Crippen LogP contribution >= 0.6 is 0 Å². The van der Waals surface area contributed by atoms with Gasteiger partial charge < -0.3 is 14.3 Å². The molecular formula is C45H44O4. The van der Waals surface area contributed by atoms with Crippen LogP contribution in [-0.2, 0) is 20.7 Å². The Kier molecular flexibility index (Phi) is 13.0. The largest absolute Gasteiger partial charge is 0.493 e. The quantitative estimate of drug-likeness (QED) is 0.0351. The molecule has 0 bridgehead atoms. The van der Waals surface area contributed by atoms with Crippen molar-refractivity contribution in [2.45, 2.75) is 58.3 Å². The summed E-state index contributed by atoms with van der Waals surface area (Å²) in [7, 11) is 0. The number of fused-ring (bicyclic) bond motifs is 1. The van der Waals surface area contributed by atoms with Gasteiger partial charge in [-0.15, -0.1) is 0 Å². The molecule has 5 aromatic rings. The number of ether oxygens (including phenoxy) is 2. The Morgan fingerprint density at radius 1 is 0.673 bits per heavy atom. The first kappa shape index (κ1) is 34.9. The molecule has 49 heavy (non-hydrogen) atoms. The van der Waals surface area contributed by atoms with Crippen LogP contribution in [0.15, 0.2) is 116 Å². The molecule has 0 atom stereocenters. The first-order chi connectivity index (χ1) is 24.0. The minimum absolute atomic E-state index is 0.362. The Bertz CT molecular complexity index is 1910. The highest BCUT2D eigenvalue weighted by Gasteiger charge is 2.07. The second-order valence-electron chi connectivity index (χ2n) is 12.3. The zero-order valence-electron chi connectivity index (χ0n) is 28.4. The van der Waals surface area contributed by atoms with Gasteiger partial charge in [-0.2, -0.15) is 0 Å². The predicted octanol–water partition coefficient (Wildman–Crippen LogP) is 10.5. The number of hydrogen-bond acceptors (Lipinski definition) is 4. The summed E-state index contributed by atoms with van der Waals surface area (Å²) in [6.45, 7) is 6.63. The highest BCUT2D eigenvalue weighted by atomic mass is 16.5. The summed E-state index contributed by atoms with van der Waals surface area (Å²) in [6.07, 6.45) is 9.67. The fourth-order valence-electron chi connectivity index (χ4n) is 5.83. The van der Waals surface area contributed by atoms with Gasteiger partial charge in [0.2, 0.25) is 0 Å². The van der Waals surface area contributed by atoms with Crippen molar-refractivity contribution in [1.82, 2.24) is 0 Å². The van der Waals surface area contributed by atoms with Crippen LogP contribution in [0.2, 0.25) is 0 Å². The average Bonchev–Trinajstić information content (AvgIpc) is 3.15. The zero-order valence-corrected chi connectivity index (χ0v) is 28.4. The second kappa shape index (κ2) is 18.2. The summed E-state index contributed by atoms with van der Waals surface area (Å²) in [5.74, 6) is 7.18. The molecule has 0 aliphatic heterocycles. The lowest BCUT2D eigenvalue weighted by atomic mass is 9.98. The Morgan fingerprint density at radius 2 is 1.27 bits per heavy atom. The third kappa shape index (κ3) is 10.3. The second-order valence-corrected chi connectivity index (χ2v) is 12.3. The van der Waals surface area contributed by atoms with Crippen molar-refractivity contribution >= 4 is 23.0 Å². The monoisotopic (exact) mass is 648 g/mol. The van der Waals surface area contributed by atoms with E-state index < -0.39 is 0 Å². The van der Waals surface area contributed by atoms with Crippen molar-refractivity contribution in [3.8, 4) is 39.8 Å². The van der Waals surface area contributed by atoms with Gasteiger partial charge in [0.05, 0.1) is 13.2 Å². The first-order valence-corrected chi connectivity index (χ1v) is 17.2. The smallest absolute Gasteiger partial charge is 0.330 e. The normalized spacial score (nSPS) is 10.6. The Hall–Kier alpha value is -5.40. The molecule has 0 amide bonds. The number of esters is 1. The van der Waals surface area contributed by atoms with Gasteiger partial charge in [0.1, 0.15) is 12.0 Å². The van der Waals surface area contributed by atoms with Gasteiger partial charge >= 0.3 is 5.97 Å². The predicted molar refractivity (Wildman–Crippen MR) is 201 cm³/mol. The van der Waals surface area contributed by atoms with Gasteiger partial charge in [0, 0.05) is 23.6 Å². The fourth-order valence-corrected chi connectivity index (χ4v) is 5.83. The lowest BCUT2D eigenvalue weighted by Crippen LogP contribution is -2.02. The van der Waals surface area contributed by atoms with Crippen LogP contribution in [0, 0.1) is 18.8 Å². The molecule has 0 unspecified atom stereocenters. The van der Waals surface area contributed by atoms with Crippen LogP contribution < -0.4 is 4.74 Å². The molecular weight excluding hydrogens is 604 g/mol. The highest BCUT2D eigenvalue weighted by Crippen LogP contribution is 2.31. The van der Waals surface area contributed by atoms with E-state index in [1.54, 1.807) is 0 Å². The van der Waals surface area contributed by atoms with E-state index in [-0.39, 0.29) is 5.97 Å². The van der Waals surface area contributed by atoms with Crippen molar-refractivity contribution < 1.29 is 19.1 Å². The van der Waals surface area contributed by atoms with Crippen LogP contribution in [0.5, 0.6) is 5.75 Å². The van der Waals surface area contributed by atoms with E-state index >= 15 is 0 Å². The van der Waals surface area contributed by atoms with Crippen molar-refractivity contribution in [1.29, 1.82) is 0 Å². The average molecular weight is 649 g/mol. The number of rotatable bonds is 16. The van der Waals surface area contributed by atoms with Gasteiger partial charge in [-0.05, 0) is 132 Å². The lowest BCUT2D eigenvalue weighted by Gasteiger charge is -2.13. The number of unbranched alkanes of at least 4 members (excludes halogenated alkanes) is 5. The summed E-state index contributed by atoms with van der Waals surface area (Å²) in [6, 6.07) is 36.3. The summed E-state index contributed by atoms with van der Waals surface area (Å²) in [4.78, 5) is 21.6. The minimum Gasteiger partial charge on any atom is -0.493 e. The number of carbonyl (C=O) groups is 2. The maximum atomic E-state index is 11.1. The summed E-state index contributed by atoms with van der Waals surface area (Å²) in [5.41, 5.74) is 9.10. The molecule has 5 aromatic carbocycles. The molecule has 5 rings (SSSR count). The summed E-state index contributed by atoms with van der Waals surface area (Å²) in [5, 5.41) is 2.38. The van der Waals surface area contributed by atoms with Crippen LogP contribution in [-0.4, -0.2) is 25.5 Å². The molecule has 0 saturated carbocycles. The Labute approximate surface area is 290 Å². The van der Waals surface area contributed by atoms with Crippen molar-refractivity contribution in [2.75, 3.05) is 13.2 Å². The van der Waals surface area contributed by atoms with Gasteiger partial charge in [0.25, 0.3) is 0 Å². The molecule has 0 aliphatic carbocycles. The molecule has 248 valence electrons. The molecule has 0 radical (unpaired) electrons. The number of carbonyl (C=O) groups excluding carboxylic acids is 2. The Morgan fingerprint density at radius 3 is 1.90 bits per heavy atom. The van der Waals surface area contributed by atoms with Crippen molar-refractivity contribution in [2.24, 2.45) is 0 Å². The third-order valence-corrected chi connectivity index (χ3v) is 8.73. The first-order valence-electron chi connectivity index (χ1n) is 17.2. The molecule has 0 aromatic heterocycles. The number of aldehydes is 1. The maximum Gasteiger partial charge on any atom is 0.330 e. The summed E-state index contributed by atoms with van der Waals surface area (Å²) >= 11 is 0. The molecule has 0 saturated heterocycles. The molecule has 0 heterocycles. The minimum atomic E-state index is -0.362. The van der Waals surface area contributed by atoms with Gasteiger partial charge in [-0.1, -0.05) is 85.1 Å². The van der Waals surface area contributed by atoms with Crippen LogP contribution in [0.4, 0.5) is 0 Å². The molecule has 0 fully saturated rings. The van der Waals surface area contributed by atoms with Gasteiger partial charge in [-0.25, -0.2) is 4.79 Å². The summed E-state index contributed by atoms with van der Waals surface area (Å²) < 4.78 is 11.1. The standard InChI is InChI=1S/C45H44O4/c1-3-45(47)49-32-10-5-4-9-31-48-44-29-27-42-33-41(26-28-43(42)34(44)2)40-24-18-37(19-25-40)13-12-36-16-22-39(23-17-36)38-20-14-35(15-21-38)11-7-6-8-30-46/h3,14-30,33H,1,4-11,31-32H2,2H3. The van der Waals surface area contributed by atoms with E-state index in [0.717, 1.165) is 79.2 Å². The number of benzene rings is 5. The van der Waals surface area contributed by atoms with Crippen LogP contribution in [0.3, 0.4) is 0 Å². The third-order valence-electron chi connectivity index (χ3n) is 8.73. The SMILES string of the molecule is C=CC(=O)OCCCCCCOc1ccc2cc(-c3ccc(C#Cc4ccc(-c5ccc(CCCCC=O)cc5)cc4)cc3)ccc2c1C. The van der Waals surface area contributed by atoms with Gasteiger partial charge in [-0.3, -0.25) is 0 Å². The van der Waals surface area contributed by atoms with E-state index in [1.807, 2.05) is 0 Å². The van der Waals surface area contributed by atoms with E-state index in [1.165, 1.54) is 39.1 Å². The van der Waals surface area contributed by atoms with Crippen molar-refractivity contribution in [3.05, 3.63) is 138 Å². The fraction of sp³-hybridized carbons (Fsp3) is 0.244. The molecule has 4 heteroatoms. The van der Waals surface area contributed by atoms with Crippen LogP contribution in [0.1, 0.15) is 67.2 Å². The number of hydrogen-bond donors (Lipinski definition) is 0.